The first-order valence-corrected chi connectivity index (χ1v) is 8.32. The lowest BCUT2D eigenvalue weighted by Crippen LogP contribution is -2.44. The van der Waals surface area contributed by atoms with Crippen molar-refractivity contribution in [3.63, 3.8) is 0 Å². The molecular formula is C18H23N3O3. The first-order chi connectivity index (χ1) is 11.6. The summed E-state index contributed by atoms with van der Waals surface area (Å²) in [5, 5.41) is 2.89. The molecule has 0 radical (unpaired) electrons. The highest BCUT2D eigenvalue weighted by molar-refractivity contribution is 5.91. The second-order valence-corrected chi connectivity index (χ2v) is 6.40. The molecule has 2 aromatic heterocycles. The Labute approximate surface area is 141 Å². The van der Waals surface area contributed by atoms with E-state index in [-0.39, 0.29) is 17.7 Å². The van der Waals surface area contributed by atoms with Gasteiger partial charge in [0.05, 0.1) is 12.7 Å². The molecule has 0 saturated carbocycles. The molecule has 2 aromatic rings. The van der Waals surface area contributed by atoms with Gasteiger partial charge in [0.2, 0.25) is 5.91 Å². The van der Waals surface area contributed by atoms with Gasteiger partial charge in [-0.25, -0.2) is 0 Å². The summed E-state index contributed by atoms with van der Waals surface area (Å²) < 4.78 is 7.03. The minimum absolute atomic E-state index is 0.156. The average molecular weight is 329 g/mol. The quantitative estimate of drug-likeness (QED) is 0.910. The zero-order valence-corrected chi connectivity index (χ0v) is 13.9. The summed E-state index contributed by atoms with van der Waals surface area (Å²) in [7, 11) is 1.95. The van der Waals surface area contributed by atoms with Crippen LogP contribution in [-0.2, 0) is 18.3 Å². The predicted octanol–water partition coefficient (Wildman–Crippen LogP) is 1.83. The Hall–Kier alpha value is -2.50. The number of amides is 2. The van der Waals surface area contributed by atoms with Crippen LogP contribution in [0.1, 0.15) is 29.0 Å². The number of nitrogens with one attached hydrogen (secondary N) is 1. The first kappa shape index (κ1) is 16.4. The molecule has 128 valence electrons. The van der Waals surface area contributed by atoms with Crippen molar-refractivity contribution in [2.45, 2.75) is 19.3 Å². The molecule has 0 aliphatic carbocycles. The van der Waals surface area contributed by atoms with Gasteiger partial charge in [0, 0.05) is 39.1 Å². The number of aryl methyl sites for hydroxylation is 1. The average Bonchev–Trinajstić information content (AvgIpc) is 3.25. The number of carbonyl (C=O) groups is 2. The largest absolute Gasteiger partial charge is 0.459 e. The third-order valence-corrected chi connectivity index (χ3v) is 4.42. The Balaban J connectivity index is 1.48. The van der Waals surface area contributed by atoms with Crippen LogP contribution in [0.5, 0.6) is 0 Å². The number of hydrogen-bond acceptors (Lipinski definition) is 3. The number of aromatic nitrogens is 1. The number of piperidine rings is 1. The molecule has 1 aliphatic heterocycles. The number of carbonyl (C=O) groups excluding carboxylic acids is 2. The number of nitrogens with zero attached hydrogens (tertiary/aromatic N) is 2. The third-order valence-electron chi connectivity index (χ3n) is 4.42. The minimum Gasteiger partial charge on any atom is -0.459 e. The SMILES string of the molecule is Cn1ccc(CC(=O)N2CCCC(CNC(=O)c3ccco3)C2)c1. The van der Waals surface area contributed by atoms with E-state index in [0.717, 1.165) is 24.9 Å². The van der Waals surface area contributed by atoms with Crippen LogP contribution < -0.4 is 5.32 Å². The molecule has 24 heavy (non-hydrogen) atoms. The zero-order valence-electron chi connectivity index (χ0n) is 13.9. The second kappa shape index (κ2) is 7.38. The fraction of sp³-hybridized carbons (Fsp3) is 0.444. The molecule has 0 aromatic carbocycles. The number of furan rings is 1. The van der Waals surface area contributed by atoms with Gasteiger partial charge < -0.3 is 19.2 Å². The molecule has 1 aliphatic rings. The number of likely N-dealkylation sites (tertiary alicyclic amines) is 1. The van der Waals surface area contributed by atoms with Crippen molar-refractivity contribution in [1.82, 2.24) is 14.8 Å². The Morgan fingerprint density at radius 1 is 1.38 bits per heavy atom. The van der Waals surface area contributed by atoms with E-state index in [1.807, 2.05) is 35.0 Å². The summed E-state index contributed by atoms with van der Waals surface area (Å²) in [4.78, 5) is 26.3. The first-order valence-electron chi connectivity index (χ1n) is 8.32. The van der Waals surface area contributed by atoms with Crippen LogP contribution in [0.3, 0.4) is 0 Å². The van der Waals surface area contributed by atoms with Gasteiger partial charge in [-0.3, -0.25) is 9.59 Å². The highest BCUT2D eigenvalue weighted by Crippen LogP contribution is 2.17. The fourth-order valence-electron chi connectivity index (χ4n) is 3.14. The van der Waals surface area contributed by atoms with Crippen LogP contribution in [0.25, 0.3) is 0 Å². The van der Waals surface area contributed by atoms with E-state index in [9.17, 15) is 9.59 Å². The molecule has 6 nitrogen and oxygen atoms in total. The van der Waals surface area contributed by atoms with Crippen LogP contribution in [-0.4, -0.2) is 40.9 Å². The monoisotopic (exact) mass is 329 g/mol. The lowest BCUT2D eigenvalue weighted by molar-refractivity contribution is -0.132. The van der Waals surface area contributed by atoms with Gasteiger partial charge in [0.1, 0.15) is 0 Å². The lowest BCUT2D eigenvalue weighted by atomic mass is 9.97. The van der Waals surface area contributed by atoms with Gasteiger partial charge in [0.25, 0.3) is 5.91 Å². The van der Waals surface area contributed by atoms with Crippen LogP contribution >= 0.6 is 0 Å². The normalized spacial score (nSPS) is 17.7. The molecular weight excluding hydrogens is 306 g/mol. The van der Waals surface area contributed by atoms with Crippen LogP contribution in [0.15, 0.2) is 41.3 Å². The van der Waals surface area contributed by atoms with E-state index in [2.05, 4.69) is 5.32 Å². The van der Waals surface area contributed by atoms with E-state index in [1.165, 1.54) is 6.26 Å². The van der Waals surface area contributed by atoms with E-state index >= 15 is 0 Å². The maximum Gasteiger partial charge on any atom is 0.286 e. The topological polar surface area (TPSA) is 67.5 Å². The van der Waals surface area contributed by atoms with E-state index in [0.29, 0.717) is 25.3 Å². The van der Waals surface area contributed by atoms with Crippen LogP contribution in [0, 0.1) is 5.92 Å². The molecule has 1 N–H and O–H groups in total. The second-order valence-electron chi connectivity index (χ2n) is 6.40. The van der Waals surface area contributed by atoms with Crippen molar-refractivity contribution in [1.29, 1.82) is 0 Å². The summed E-state index contributed by atoms with van der Waals surface area (Å²) in [5.41, 5.74) is 1.04. The smallest absolute Gasteiger partial charge is 0.286 e. The lowest BCUT2D eigenvalue weighted by Gasteiger charge is -2.33. The molecule has 1 unspecified atom stereocenters. The van der Waals surface area contributed by atoms with Gasteiger partial charge >= 0.3 is 0 Å². The molecule has 1 atom stereocenters. The summed E-state index contributed by atoms with van der Waals surface area (Å²) >= 11 is 0. The Kier molecular flexibility index (Phi) is 5.03. The summed E-state index contributed by atoms with van der Waals surface area (Å²) in [6.07, 6.45) is 7.84. The Morgan fingerprint density at radius 3 is 2.96 bits per heavy atom. The van der Waals surface area contributed by atoms with Crippen LogP contribution in [0.2, 0.25) is 0 Å². The standard InChI is InChI=1S/C18H23N3O3/c1-20-8-6-14(12-20)10-17(22)21-7-2-4-15(13-21)11-19-18(23)16-5-3-9-24-16/h3,5-6,8-9,12,15H,2,4,7,10-11,13H2,1H3,(H,19,23). The molecule has 0 bridgehead atoms. The number of rotatable bonds is 5. The molecule has 3 rings (SSSR count). The molecule has 2 amide bonds. The van der Waals surface area contributed by atoms with Gasteiger partial charge in [-0.05, 0) is 42.5 Å². The fourth-order valence-corrected chi connectivity index (χ4v) is 3.14. The van der Waals surface area contributed by atoms with Crippen molar-refractivity contribution >= 4 is 11.8 Å². The van der Waals surface area contributed by atoms with Crippen molar-refractivity contribution in [2.75, 3.05) is 19.6 Å². The van der Waals surface area contributed by atoms with Crippen molar-refractivity contribution in [3.8, 4) is 0 Å². The Morgan fingerprint density at radius 2 is 2.25 bits per heavy atom. The van der Waals surface area contributed by atoms with E-state index in [1.54, 1.807) is 12.1 Å². The van der Waals surface area contributed by atoms with Crippen molar-refractivity contribution in [2.24, 2.45) is 13.0 Å². The van der Waals surface area contributed by atoms with Gasteiger partial charge in [-0.2, -0.15) is 0 Å². The number of hydrogen-bond donors (Lipinski definition) is 1. The van der Waals surface area contributed by atoms with Gasteiger partial charge in [-0.1, -0.05) is 0 Å². The van der Waals surface area contributed by atoms with Gasteiger partial charge in [-0.15, -0.1) is 0 Å². The molecule has 1 fully saturated rings. The van der Waals surface area contributed by atoms with Crippen molar-refractivity contribution in [3.05, 3.63) is 48.2 Å². The molecule has 6 heteroatoms. The predicted molar refractivity (Wildman–Crippen MR) is 89.5 cm³/mol. The van der Waals surface area contributed by atoms with E-state index in [4.69, 9.17) is 4.42 Å². The van der Waals surface area contributed by atoms with Crippen molar-refractivity contribution < 1.29 is 14.0 Å². The van der Waals surface area contributed by atoms with Gasteiger partial charge in [0.15, 0.2) is 5.76 Å². The summed E-state index contributed by atoms with van der Waals surface area (Å²) in [6.45, 7) is 2.06. The Bertz CT molecular complexity index is 690. The highest BCUT2D eigenvalue weighted by Gasteiger charge is 2.24. The molecule has 1 saturated heterocycles. The zero-order chi connectivity index (χ0) is 16.9. The van der Waals surface area contributed by atoms with E-state index < -0.39 is 0 Å². The maximum absolute atomic E-state index is 12.5. The molecule has 3 heterocycles. The van der Waals surface area contributed by atoms with Crippen LogP contribution in [0.4, 0.5) is 0 Å². The summed E-state index contributed by atoms with van der Waals surface area (Å²) in [5.74, 6) is 0.566. The molecule has 0 spiro atoms. The maximum atomic E-state index is 12.5. The highest BCUT2D eigenvalue weighted by atomic mass is 16.3. The third kappa shape index (κ3) is 4.07. The summed E-state index contributed by atoms with van der Waals surface area (Å²) in [6, 6.07) is 5.31. The minimum atomic E-state index is -0.201.